The minimum absolute atomic E-state index is 0.0317. The highest BCUT2D eigenvalue weighted by Gasteiger charge is 2.24. The largest absolute Gasteiger partial charge is 0.384 e. The lowest BCUT2D eigenvalue weighted by atomic mass is 10.1. The first-order valence-electron chi connectivity index (χ1n) is 12.4. The molecule has 1 aliphatic heterocycles. The number of amides is 2. The number of rotatable bonds is 10. The molecule has 0 unspecified atom stereocenters. The van der Waals surface area contributed by atoms with Gasteiger partial charge in [0.25, 0.3) is 17.5 Å². The van der Waals surface area contributed by atoms with E-state index in [0.717, 1.165) is 24.2 Å². The van der Waals surface area contributed by atoms with E-state index in [1.807, 2.05) is 30.3 Å². The number of hydrogen-bond donors (Lipinski definition) is 1. The number of halogens is 1. The molecular formula is C27H26ClN5O7S. The van der Waals surface area contributed by atoms with Crippen molar-refractivity contribution in [2.24, 2.45) is 5.16 Å². The van der Waals surface area contributed by atoms with Gasteiger partial charge < -0.3 is 20.0 Å². The van der Waals surface area contributed by atoms with Crippen molar-refractivity contribution in [1.82, 2.24) is 10.2 Å². The Morgan fingerprint density at radius 3 is 2.37 bits per heavy atom. The summed E-state index contributed by atoms with van der Waals surface area (Å²) in [5.41, 5.74) is 0.457. The van der Waals surface area contributed by atoms with E-state index in [0.29, 0.717) is 31.2 Å². The third-order valence-corrected chi connectivity index (χ3v) is 8.25. The second-order valence-electron chi connectivity index (χ2n) is 9.00. The van der Waals surface area contributed by atoms with Gasteiger partial charge in [0.05, 0.1) is 15.6 Å². The number of nitrogens with one attached hydrogen (secondary N) is 1. The summed E-state index contributed by atoms with van der Waals surface area (Å²) in [5, 5.41) is 17.7. The minimum Gasteiger partial charge on any atom is -0.384 e. The lowest BCUT2D eigenvalue weighted by Crippen LogP contribution is -2.49. The van der Waals surface area contributed by atoms with Gasteiger partial charge in [0, 0.05) is 54.1 Å². The Kier molecular flexibility index (Phi) is 9.53. The number of carbonyl (C=O) groups is 2. The number of sulfone groups is 1. The van der Waals surface area contributed by atoms with Crippen LogP contribution < -0.4 is 10.2 Å². The third kappa shape index (κ3) is 7.80. The maximum atomic E-state index is 12.8. The summed E-state index contributed by atoms with van der Waals surface area (Å²) in [6, 6.07) is 18.7. The number of carbonyl (C=O) groups excluding carboxylic acids is 2. The van der Waals surface area contributed by atoms with Crippen LogP contribution in [0.1, 0.15) is 15.9 Å². The van der Waals surface area contributed by atoms with Crippen molar-refractivity contribution >= 4 is 51.0 Å². The van der Waals surface area contributed by atoms with Gasteiger partial charge in [0.2, 0.25) is 0 Å². The predicted molar refractivity (Wildman–Crippen MR) is 153 cm³/mol. The van der Waals surface area contributed by atoms with Gasteiger partial charge in [-0.1, -0.05) is 35.0 Å². The summed E-state index contributed by atoms with van der Waals surface area (Å²) in [7, 11) is -3.97. The van der Waals surface area contributed by atoms with Crippen molar-refractivity contribution in [3.63, 3.8) is 0 Å². The minimum atomic E-state index is -3.97. The van der Waals surface area contributed by atoms with Gasteiger partial charge >= 0.3 is 0 Å². The maximum absolute atomic E-state index is 12.8. The molecule has 0 aliphatic carbocycles. The lowest BCUT2D eigenvalue weighted by molar-refractivity contribution is -0.385. The maximum Gasteiger partial charge on any atom is 0.273 e. The number of benzene rings is 3. The van der Waals surface area contributed by atoms with Gasteiger partial charge in [-0.15, -0.1) is 0 Å². The second kappa shape index (κ2) is 13.2. The van der Waals surface area contributed by atoms with Gasteiger partial charge in [-0.25, -0.2) is 8.42 Å². The molecular weight excluding hydrogens is 574 g/mol. The molecule has 2 amide bonds. The Labute approximate surface area is 241 Å². The summed E-state index contributed by atoms with van der Waals surface area (Å²) in [6.45, 7) is 2.13. The Morgan fingerprint density at radius 1 is 1.02 bits per heavy atom. The fourth-order valence-corrected chi connectivity index (χ4v) is 5.68. The second-order valence-corrected chi connectivity index (χ2v) is 11.4. The Balaban J connectivity index is 1.30. The number of para-hydroxylation sites is 1. The van der Waals surface area contributed by atoms with Crippen LogP contribution in [0.3, 0.4) is 0 Å². The van der Waals surface area contributed by atoms with Crippen LogP contribution in [0.2, 0.25) is 5.02 Å². The summed E-state index contributed by atoms with van der Waals surface area (Å²) >= 11 is 5.81. The van der Waals surface area contributed by atoms with Crippen LogP contribution in [-0.2, 0) is 25.2 Å². The van der Waals surface area contributed by atoms with Crippen molar-refractivity contribution < 1.29 is 27.8 Å². The van der Waals surface area contributed by atoms with Crippen LogP contribution in [0.25, 0.3) is 0 Å². The molecule has 3 aromatic carbocycles. The quantitative estimate of drug-likeness (QED) is 0.161. The van der Waals surface area contributed by atoms with E-state index < -0.39 is 32.1 Å². The number of anilines is 1. The number of nitrogens with zero attached hydrogens (tertiary/aromatic N) is 4. The summed E-state index contributed by atoms with van der Waals surface area (Å²) in [4.78, 5) is 44.6. The first-order valence-corrected chi connectivity index (χ1v) is 14.4. The first-order chi connectivity index (χ1) is 19.6. The molecule has 41 heavy (non-hydrogen) atoms. The van der Waals surface area contributed by atoms with E-state index in [4.69, 9.17) is 16.4 Å². The third-order valence-electron chi connectivity index (χ3n) is 6.32. The van der Waals surface area contributed by atoms with Crippen LogP contribution in [0, 0.1) is 10.1 Å². The summed E-state index contributed by atoms with van der Waals surface area (Å²) in [6.07, 6.45) is 0.939. The topological polar surface area (TPSA) is 152 Å². The molecule has 14 heteroatoms. The smallest absolute Gasteiger partial charge is 0.273 e. The van der Waals surface area contributed by atoms with Crippen LogP contribution in [0.15, 0.2) is 82.8 Å². The molecule has 1 heterocycles. The van der Waals surface area contributed by atoms with Crippen LogP contribution in [0.5, 0.6) is 0 Å². The van der Waals surface area contributed by atoms with Gasteiger partial charge in [0.15, 0.2) is 16.4 Å². The van der Waals surface area contributed by atoms with Crippen molar-refractivity contribution in [2.45, 2.75) is 10.6 Å². The molecule has 1 N–H and O–H groups in total. The molecule has 12 nitrogen and oxygen atoms in total. The number of oxime groups is 1. The Hall–Kier alpha value is -4.49. The van der Waals surface area contributed by atoms with Crippen molar-refractivity contribution in [2.75, 3.05) is 37.7 Å². The molecule has 1 saturated heterocycles. The zero-order chi connectivity index (χ0) is 29.4. The standard InChI is InChI=1S/C27H26ClN5O7S/c28-22-7-9-24(10-8-22)41(38,39)18-21-16-20(6-11-25(21)33(36)37)27(35)29-19-30-40-17-26(34)32-14-12-31(13-15-32)23-4-2-1-3-5-23/h1-11,16,19H,12-15,17-18H2,(H,29,30,35). The normalized spacial score (nSPS) is 13.7. The van der Waals surface area contributed by atoms with Gasteiger partial charge in [-0.2, -0.15) is 0 Å². The van der Waals surface area contributed by atoms with E-state index >= 15 is 0 Å². The van der Waals surface area contributed by atoms with E-state index in [2.05, 4.69) is 15.4 Å². The van der Waals surface area contributed by atoms with Crippen molar-refractivity contribution in [3.8, 4) is 0 Å². The highest BCUT2D eigenvalue weighted by atomic mass is 35.5. The number of hydrogen-bond acceptors (Lipinski definition) is 9. The zero-order valence-electron chi connectivity index (χ0n) is 21.7. The molecule has 0 atom stereocenters. The highest BCUT2D eigenvalue weighted by Crippen LogP contribution is 2.26. The number of nitro benzene ring substituents is 1. The highest BCUT2D eigenvalue weighted by molar-refractivity contribution is 7.90. The summed E-state index contributed by atoms with van der Waals surface area (Å²) in [5.74, 6) is -1.66. The fourth-order valence-electron chi connectivity index (χ4n) is 4.19. The number of nitro groups is 1. The molecule has 1 aliphatic rings. The monoisotopic (exact) mass is 599 g/mol. The predicted octanol–water partition coefficient (Wildman–Crippen LogP) is 3.26. The Bertz CT molecular complexity index is 1540. The molecule has 1 fully saturated rings. The first kappa shape index (κ1) is 29.5. The molecule has 0 aromatic heterocycles. The molecule has 0 radical (unpaired) electrons. The number of piperazine rings is 1. The van der Waals surface area contributed by atoms with Gasteiger partial charge in [0.1, 0.15) is 6.34 Å². The SMILES string of the molecule is O=C(N/C=N/OCC(=O)N1CCN(c2ccccc2)CC1)c1ccc([N+](=O)[O-])c(CS(=O)(=O)c2ccc(Cl)cc2)c1. The van der Waals surface area contributed by atoms with E-state index in [1.54, 1.807) is 4.90 Å². The molecule has 214 valence electrons. The van der Waals surface area contributed by atoms with Crippen molar-refractivity contribution in [3.05, 3.63) is 99.1 Å². The molecule has 0 bridgehead atoms. The van der Waals surface area contributed by atoms with Crippen molar-refractivity contribution in [1.29, 1.82) is 0 Å². The lowest BCUT2D eigenvalue weighted by Gasteiger charge is -2.35. The van der Waals surface area contributed by atoms with E-state index in [9.17, 15) is 28.1 Å². The van der Waals surface area contributed by atoms with Crippen LogP contribution >= 0.6 is 11.6 Å². The Morgan fingerprint density at radius 2 is 1.71 bits per heavy atom. The van der Waals surface area contributed by atoms with Gasteiger partial charge in [-0.3, -0.25) is 19.7 Å². The van der Waals surface area contributed by atoms with E-state index in [1.165, 1.54) is 30.3 Å². The average molecular weight is 600 g/mol. The molecule has 3 aromatic rings. The molecule has 0 saturated carbocycles. The van der Waals surface area contributed by atoms with Crippen LogP contribution in [-0.4, -0.2) is 69.2 Å². The average Bonchev–Trinajstić information content (AvgIpc) is 2.97. The molecule has 0 spiro atoms. The zero-order valence-corrected chi connectivity index (χ0v) is 23.3. The summed E-state index contributed by atoms with van der Waals surface area (Å²) < 4.78 is 25.7. The van der Waals surface area contributed by atoms with Gasteiger partial charge in [-0.05, 0) is 48.5 Å². The van der Waals surface area contributed by atoms with E-state index in [-0.39, 0.29) is 28.5 Å². The fraction of sp³-hybridized carbons (Fsp3) is 0.222. The van der Waals surface area contributed by atoms with Crippen LogP contribution in [0.4, 0.5) is 11.4 Å². The molecule has 4 rings (SSSR count).